The average molecular weight is 284 g/mol. The SMILES string of the molecule is CC(C)C[C@@H](c1ccc(F)c(F)c1O)N1CCNCC1. The van der Waals surface area contributed by atoms with Crippen LogP contribution in [0.1, 0.15) is 31.9 Å². The summed E-state index contributed by atoms with van der Waals surface area (Å²) in [5.41, 5.74) is 0.486. The predicted molar refractivity (Wildman–Crippen MR) is 74.7 cm³/mol. The van der Waals surface area contributed by atoms with Gasteiger partial charge in [0.25, 0.3) is 0 Å². The predicted octanol–water partition coefficient (Wildman–Crippen LogP) is 2.66. The maximum atomic E-state index is 13.6. The zero-order chi connectivity index (χ0) is 14.7. The number of phenolic OH excluding ortho intramolecular Hbond substituents is 1. The van der Waals surface area contributed by atoms with Gasteiger partial charge in [-0.3, -0.25) is 4.90 Å². The van der Waals surface area contributed by atoms with Gasteiger partial charge < -0.3 is 10.4 Å². The van der Waals surface area contributed by atoms with Crippen molar-refractivity contribution in [2.24, 2.45) is 5.92 Å². The zero-order valence-corrected chi connectivity index (χ0v) is 12.0. The average Bonchev–Trinajstić information content (AvgIpc) is 2.44. The lowest BCUT2D eigenvalue weighted by Gasteiger charge is -2.36. The van der Waals surface area contributed by atoms with Gasteiger partial charge in [0, 0.05) is 37.8 Å². The molecular formula is C15H22F2N2O. The molecule has 1 aliphatic rings. The van der Waals surface area contributed by atoms with Crippen molar-refractivity contribution in [2.45, 2.75) is 26.3 Å². The molecule has 1 atom stereocenters. The molecule has 1 fully saturated rings. The van der Waals surface area contributed by atoms with Gasteiger partial charge in [0.15, 0.2) is 11.6 Å². The Morgan fingerprint density at radius 2 is 1.90 bits per heavy atom. The van der Waals surface area contributed by atoms with E-state index in [-0.39, 0.29) is 6.04 Å². The Bertz CT molecular complexity index is 459. The van der Waals surface area contributed by atoms with E-state index in [1.54, 1.807) is 0 Å². The van der Waals surface area contributed by atoms with E-state index in [2.05, 4.69) is 24.1 Å². The van der Waals surface area contributed by atoms with Gasteiger partial charge in [-0.2, -0.15) is 4.39 Å². The second-order valence-corrected chi connectivity index (χ2v) is 5.73. The molecule has 2 rings (SSSR count). The number of hydrogen-bond acceptors (Lipinski definition) is 3. The van der Waals surface area contributed by atoms with Crippen LogP contribution in [0.5, 0.6) is 5.75 Å². The van der Waals surface area contributed by atoms with Crippen LogP contribution in [0, 0.1) is 17.6 Å². The fraction of sp³-hybridized carbons (Fsp3) is 0.600. The van der Waals surface area contributed by atoms with Crippen molar-refractivity contribution in [3.63, 3.8) is 0 Å². The van der Waals surface area contributed by atoms with Gasteiger partial charge in [-0.1, -0.05) is 19.9 Å². The van der Waals surface area contributed by atoms with E-state index in [0.29, 0.717) is 11.5 Å². The van der Waals surface area contributed by atoms with Crippen LogP contribution < -0.4 is 5.32 Å². The Balaban J connectivity index is 2.32. The molecule has 0 bridgehead atoms. The molecule has 1 aromatic carbocycles. The largest absolute Gasteiger partial charge is 0.505 e. The number of benzene rings is 1. The first kappa shape index (κ1) is 15.2. The number of hydrogen-bond donors (Lipinski definition) is 2. The Morgan fingerprint density at radius 1 is 1.25 bits per heavy atom. The lowest BCUT2D eigenvalue weighted by Crippen LogP contribution is -2.45. The smallest absolute Gasteiger partial charge is 0.200 e. The highest BCUT2D eigenvalue weighted by Gasteiger charge is 2.27. The quantitative estimate of drug-likeness (QED) is 0.892. The molecule has 1 saturated heterocycles. The maximum absolute atomic E-state index is 13.6. The monoisotopic (exact) mass is 284 g/mol. The number of nitrogens with zero attached hydrogens (tertiary/aromatic N) is 1. The van der Waals surface area contributed by atoms with Crippen molar-refractivity contribution in [1.82, 2.24) is 10.2 Å². The van der Waals surface area contributed by atoms with Gasteiger partial charge >= 0.3 is 0 Å². The summed E-state index contributed by atoms with van der Waals surface area (Å²) in [7, 11) is 0. The van der Waals surface area contributed by atoms with Gasteiger partial charge in [0.05, 0.1) is 0 Å². The molecule has 0 aliphatic carbocycles. The van der Waals surface area contributed by atoms with Crippen molar-refractivity contribution in [1.29, 1.82) is 0 Å². The van der Waals surface area contributed by atoms with Crippen molar-refractivity contribution >= 4 is 0 Å². The van der Waals surface area contributed by atoms with E-state index < -0.39 is 17.4 Å². The number of nitrogens with one attached hydrogen (secondary N) is 1. The third-order valence-corrected chi connectivity index (χ3v) is 3.75. The minimum absolute atomic E-state index is 0.0767. The number of rotatable bonds is 4. The molecule has 0 unspecified atom stereocenters. The Kier molecular flexibility index (Phi) is 4.94. The molecule has 20 heavy (non-hydrogen) atoms. The number of halogens is 2. The molecule has 1 heterocycles. The fourth-order valence-electron chi connectivity index (χ4n) is 2.74. The topological polar surface area (TPSA) is 35.5 Å². The molecule has 3 nitrogen and oxygen atoms in total. The molecule has 0 radical (unpaired) electrons. The Morgan fingerprint density at radius 3 is 2.50 bits per heavy atom. The summed E-state index contributed by atoms with van der Waals surface area (Å²) in [6, 6.07) is 2.52. The normalized spacial score (nSPS) is 18.4. The lowest BCUT2D eigenvalue weighted by molar-refractivity contribution is 0.151. The summed E-state index contributed by atoms with van der Waals surface area (Å²) in [5, 5.41) is 13.2. The molecule has 0 amide bonds. The first-order chi connectivity index (χ1) is 9.50. The van der Waals surface area contributed by atoms with Gasteiger partial charge in [-0.05, 0) is 18.4 Å². The second-order valence-electron chi connectivity index (χ2n) is 5.73. The van der Waals surface area contributed by atoms with Crippen LogP contribution >= 0.6 is 0 Å². The van der Waals surface area contributed by atoms with Crippen LogP contribution in [-0.4, -0.2) is 36.2 Å². The van der Waals surface area contributed by atoms with E-state index in [1.165, 1.54) is 6.07 Å². The Labute approximate surface area is 118 Å². The molecule has 0 spiro atoms. The molecule has 1 aliphatic heterocycles. The number of piperazine rings is 1. The summed E-state index contributed by atoms with van der Waals surface area (Å²) in [6.07, 6.45) is 0.804. The standard InChI is InChI=1S/C15H22F2N2O/c1-10(2)9-13(19-7-5-18-6-8-19)11-3-4-12(16)14(17)15(11)20/h3-4,10,13,18,20H,5-9H2,1-2H3/t13-/m0/s1. The molecule has 112 valence electrons. The van der Waals surface area contributed by atoms with E-state index in [4.69, 9.17) is 0 Å². The summed E-state index contributed by atoms with van der Waals surface area (Å²) >= 11 is 0. The van der Waals surface area contributed by atoms with Crippen LogP contribution in [0.15, 0.2) is 12.1 Å². The van der Waals surface area contributed by atoms with E-state index in [1.807, 2.05) is 0 Å². The van der Waals surface area contributed by atoms with E-state index in [9.17, 15) is 13.9 Å². The third-order valence-electron chi connectivity index (χ3n) is 3.75. The summed E-state index contributed by atoms with van der Waals surface area (Å²) in [6.45, 7) is 7.61. The molecule has 1 aromatic rings. The van der Waals surface area contributed by atoms with E-state index >= 15 is 0 Å². The lowest BCUT2D eigenvalue weighted by atomic mass is 9.94. The van der Waals surface area contributed by atoms with Crippen LogP contribution in [0.2, 0.25) is 0 Å². The van der Waals surface area contributed by atoms with E-state index in [0.717, 1.165) is 38.7 Å². The number of phenols is 1. The number of aromatic hydroxyl groups is 1. The second kappa shape index (κ2) is 6.50. The van der Waals surface area contributed by atoms with Gasteiger partial charge in [0.2, 0.25) is 5.82 Å². The van der Waals surface area contributed by atoms with Crippen LogP contribution in [0.4, 0.5) is 8.78 Å². The zero-order valence-electron chi connectivity index (χ0n) is 12.0. The molecule has 5 heteroatoms. The third kappa shape index (κ3) is 3.27. The van der Waals surface area contributed by atoms with Crippen molar-refractivity contribution in [3.8, 4) is 5.75 Å². The summed E-state index contributed by atoms with van der Waals surface area (Å²) in [4.78, 5) is 2.23. The van der Waals surface area contributed by atoms with Crippen molar-refractivity contribution in [2.75, 3.05) is 26.2 Å². The molecular weight excluding hydrogens is 262 g/mol. The molecule has 0 aromatic heterocycles. The minimum Gasteiger partial charge on any atom is -0.505 e. The maximum Gasteiger partial charge on any atom is 0.200 e. The highest BCUT2D eigenvalue weighted by atomic mass is 19.2. The first-order valence-corrected chi connectivity index (χ1v) is 7.12. The molecule has 2 N–H and O–H groups in total. The van der Waals surface area contributed by atoms with Crippen LogP contribution in [0.25, 0.3) is 0 Å². The Hall–Kier alpha value is -1.20. The minimum atomic E-state index is -1.15. The molecule has 0 saturated carbocycles. The van der Waals surface area contributed by atoms with Gasteiger partial charge in [-0.15, -0.1) is 0 Å². The van der Waals surface area contributed by atoms with Crippen LogP contribution in [0.3, 0.4) is 0 Å². The highest BCUT2D eigenvalue weighted by molar-refractivity contribution is 5.37. The summed E-state index contributed by atoms with van der Waals surface area (Å²) < 4.78 is 26.8. The van der Waals surface area contributed by atoms with Crippen molar-refractivity contribution < 1.29 is 13.9 Å². The highest BCUT2D eigenvalue weighted by Crippen LogP contribution is 2.35. The first-order valence-electron chi connectivity index (χ1n) is 7.12. The summed E-state index contributed by atoms with van der Waals surface area (Å²) in [5.74, 6) is -2.29. The van der Waals surface area contributed by atoms with Gasteiger partial charge in [0.1, 0.15) is 0 Å². The van der Waals surface area contributed by atoms with Crippen LogP contribution in [-0.2, 0) is 0 Å². The van der Waals surface area contributed by atoms with Gasteiger partial charge in [-0.25, -0.2) is 4.39 Å². The fourth-order valence-corrected chi connectivity index (χ4v) is 2.74. The van der Waals surface area contributed by atoms with Crippen molar-refractivity contribution in [3.05, 3.63) is 29.3 Å².